The van der Waals surface area contributed by atoms with Crippen molar-refractivity contribution < 1.29 is 18.0 Å². The van der Waals surface area contributed by atoms with Crippen molar-refractivity contribution in [2.24, 2.45) is 5.92 Å². The predicted molar refractivity (Wildman–Crippen MR) is 112 cm³/mol. The van der Waals surface area contributed by atoms with Gasteiger partial charge in [-0.15, -0.1) is 5.10 Å². The lowest BCUT2D eigenvalue weighted by molar-refractivity contribution is -0.162. The Morgan fingerprint density at radius 1 is 1.12 bits per heavy atom. The summed E-state index contributed by atoms with van der Waals surface area (Å²) in [6.07, 6.45) is -2.32. The first kappa shape index (κ1) is 22.1. The van der Waals surface area contributed by atoms with Crippen LogP contribution >= 0.6 is 0 Å². The van der Waals surface area contributed by atoms with Crippen molar-refractivity contribution in [1.82, 2.24) is 24.0 Å². The Bertz CT molecular complexity index is 1130. The van der Waals surface area contributed by atoms with Gasteiger partial charge in [-0.2, -0.15) is 13.2 Å². The second-order valence-corrected chi connectivity index (χ2v) is 8.13. The first-order chi connectivity index (χ1) is 15.3. The van der Waals surface area contributed by atoms with Crippen molar-refractivity contribution in [3.05, 3.63) is 70.8 Å². The third-order valence-corrected chi connectivity index (χ3v) is 5.59. The molecule has 0 radical (unpaired) electrons. The van der Waals surface area contributed by atoms with E-state index in [0.29, 0.717) is 18.6 Å². The van der Waals surface area contributed by atoms with E-state index < -0.39 is 30.9 Å². The van der Waals surface area contributed by atoms with Crippen LogP contribution in [-0.4, -0.2) is 62.2 Å². The van der Waals surface area contributed by atoms with Crippen LogP contribution in [0.1, 0.15) is 12.0 Å². The van der Waals surface area contributed by atoms with Crippen LogP contribution in [0.4, 0.5) is 13.2 Å². The lowest BCUT2D eigenvalue weighted by atomic mass is 10.1. The fourth-order valence-electron chi connectivity index (χ4n) is 4.13. The summed E-state index contributed by atoms with van der Waals surface area (Å²) in [7, 11) is 0. The highest BCUT2D eigenvalue weighted by molar-refractivity contribution is 5.76. The number of alkyl halides is 3. The molecule has 2 aromatic heterocycles. The molecule has 1 aromatic carbocycles. The number of hydrogen-bond acceptors (Lipinski definition) is 4. The molecule has 1 aliphatic rings. The van der Waals surface area contributed by atoms with Gasteiger partial charge in [0.25, 0.3) is 0 Å². The number of amides is 1. The van der Waals surface area contributed by atoms with Crippen molar-refractivity contribution in [2.45, 2.75) is 25.7 Å². The summed E-state index contributed by atoms with van der Waals surface area (Å²) in [5, 5.41) is 4.05. The van der Waals surface area contributed by atoms with Crippen molar-refractivity contribution >= 4 is 11.6 Å². The van der Waals surface area contributed by atoms with E-state index in [-0.39, 0.29) is 12.5 Å². The number of nitrogens with zero attached hydrogens (tertiary/aromatic N) is 5. The van der Waals surface area contributed by atoms with E-state index in [2.05, 4.69) is 10.00 Å². The largest absolute Gasteiger partial charge is 0.406 e. The Morgan fingerprint density at radius 2 is 1.88 bits per heavy atom. The Kier molecular flexibility index (Phi) is 6.31. The van der Waals surface area contributed by atoms with Gasteiger partial charge in [-0.25, -0.2) is 9.48 Å². The van der Waals surface area contributed by atoms with E-state index >= 15 is 0 Å². The van der Waals surface area contributed by atoms with Gasteiger partial charge in [-0.05, 0) is 36.6 Å². The Hall–Kier alpha value is -3.14. The van der Waals surface area contributed by atoms with Crippen LogP contribution < -0.4 is 5.69 Å². The summed E-state index contributed by atoms with van der Waals surface area (Å²) >= 11 is 0. The number of carbonyl (C=O) groups excluding carboxylic acids is 1. The SMILES string of the molecule is O=C(Cn1nc2ccccn2c1=O)N(CC1CCN(Cc2ccccc2)C1)CC(F)(F)F. The van der Waals surface area contributed by atoms with E-state index in [1.54, 1.807) is 18.2 Å². The van der Waals surface area contributed by atoms with Crippen LogP contribution in [0.3, 0.4) is 0 Å². The molecule has 1 amide bonds. The minimum Gasteiger partial charge on any atom is -0.332 e. The highest BCUT2D eigenvalue weighted by Crippen LogP contribution is 2.23. The lowest BCUT2D eigenvalue weighted by Gasteiger charge is -2.27. The minimum atomic E-state index is -4.53. The summed E-state index contributed by atoms with van der Waals surface area (Å²) in [6.45, 7) is 0.220. The monoisotopic (exact) mass is 447 g/mol. The zero-order chi connectivity index (χ0) is 22.7. The van der Waals surface area contributed by atoms with E-state index in [1.165, 1.54) is 10.6 Å². The Labute approximate surface area is 182 Å². The standard InChI is InChI=1S/C22H24F3N5O2/c23-22(24,25)16-28(14-18-9-11-27(13-18)12-17-6-2-1-3-7-17)20(31)15-30-21(32)29-10-5-4-8-19(29)26-30/h1-8,10,18H,9,11-16H2. The van der Waals surface area contributed by atoms with E-state index in [4.69, 9.17) is 0 Å². The average molecular weight is 447 g/mol. The first-order valence-electron chi connectivity index (χ1n) is 10.4. The van der Waals surface area contributed by atoms with Crippen LogP contribution in [0.25, 0.3) is 5.65 Å². The Balaban J connectivity index is 1.43. The smallest absolute Gasteiger partial charge is 0.332 e. The third kappa shape index (κ3) is 5.37. The number of hydrogen-bond donors (Lipinski definition) is 0. The van der Waals surface area contributed by atoms with Crippen molar-refractivity contribution in [1.29, 1.82) is 0 Å². The topological polar surface area (TPSA) is 62.9 Å². The summed E-state index contributed by atoms with van der Waals surface area (Å²) in [5.74, 6) is -0.836. The molecule has 1 saturated heterocycles. The molecule has 0 bridgehead atoms. The normalized spacial score (nSPS) is 17.2. The van der Waals surface area contributed by atoms with Gasteiger partial charge in [-0.3, -0.25) is 14.1 Å². The van der Waals surface area contributed by atoms with E-state index in [9.17, 15) is 22.8 Å². The maximum atomic E-state index is 13.2. The molecule has 3 aromatic rings. The number of benzene rings is 1. The first-order valence-corrected chi connectivity index (χ1v) is 10.4. The van der Waals surface area contributed by atoms with Crippen molar-refractivity contribution in [3.8, 4) is 0 Å². The second-order valence-electron chi connectivity index (χ2n) is 8.13. The molecule has 1 aliphatic heterocycles. The molecule has 1 unspecified atom stereocenters. The quantitative estimate of drug-likeness (QED) is 0.558. The molecule has 0 saturated carbocycles. The van der Waals surface area contributed by atoms with Crippen LogP contribution in [0.5, 0.6) is 0 Å². The maximum absolute atomic E-state index is 13.2. The molecule has 0 N–H and O–H groups in total. The number of fused-ring (bicyclic) bond motifs is 1. The summed E-state index contributed by atoms with van der Waals surface area (Å²) in [4.78, 5) is 28.2. The molecular formula is C22H24F3N5O2. The predicted octanol–water partition coefficient (Wildman–Crippen LogP) is 2.41. The van der Waals surface area contributed by atoms with Crippen LogP contribution in [0.15, 0.2) is 59.5 Å². The molecule has 170 valence electrons. The minimum absolute atomic E-state index is 0.00818. The highest BCUT2D eigenvalue weighted by Gasteiger charge is 2.35. The number of carbonyl (C=O) groups is 1. The zero-order valence-corrected chi connectivity index (χ0v) is 17.4. The molecule has 7 nitrogen and oxygen atoms in total. The van der Waals surface area contributed by atoms with Gasteiger partial charge in [0, 0.05) is 25.8 Å². The fourth-order valence-corrected chi connectivity index (χ4v) is 4.13. The summed E-state index contributed by atoms with van der Waals surface area (Å²) in [5.41, 5.74) is 0.915. The van der Waals surface area contributed by atoms with Gasteiger partial charge in [0.05, 0.1) is 0 Å². The van der Waals surface area contributed by atoms with Gasteiger partial charge in [0.2, 0.25) is 5.91 Å². The molecule has 0 spiro atoms. The second kappa shape index (κ2) is 9.15. The molecule has 32 heavy (non-hydrogen) atoms. The molecule has 1 fully saturated rings. The average Bonchev–Trinajstić information content (AvgIpc) is 3.31. The van der Waals surface area contributed by atoms with Crippen molar-refractivity contribution in [2.75, 3.05) is 26.2 Å². The molecule has 3 heterocycles. The molecule has 4 rings (SSSR count). The van der Waals surface area contributed by atoms with Gasteiger partial charge in [-0.1, -0.05) is 36.4 Å². The third-order valence-electron chi connectivity index (χ3n) is 5.59. The van der Waals surface area contributed by atoms with E-state index in [0.717, 1.165) is 28.2 Å². The molecule has 1 atom stereocenters. The number of pyridine rings is 1. The van der Waals surface area contributed by atoms with Gasteiger partial charge in [0.1, 0.15) is 13.1 Å². The highest BCUT2D eigenvalue weighted by atomic mass is 19.4. The molecular weight excluding hydrogens is 423 g/mol. The summed E-state index contributed by atoms with van der Waals surface area (Å²) < 4.78 is 41.8. The van der Waals surface area contributed by atoms with Gasteiger partial charge in [0.15, 0.2) is 5.65 Å². The maximum Gasteiger partial charge on any atom is 0.406 e. The molecule has 0 aliphatic carbocycles. The number of aromatic nitrogens is 3. The zero-order valence-electron chi connectivity index (χ0n) is 17.4. The Morgan fingerprint density at radius 3 is 2.59 bits per heavy atom. The number of rotatable bonds is 7. The van der Waals surface area contributed by atoms with E-state index in [1.807, 2.05) is 30.3 Å². The number of likely N-dealkylation sites (tertiary alicyclic amines) is 1. The lowest BCUT2D eigenvalue weighted by Crippen LogP contribution is -2.44. The van der Waals surface area contributed by atoms with Crippen LogP contribution in [-0.2, 0) is 17.9 Å². The summed E-state index contributed by atoms with van der Waals surface area (Å²) in [6, 6.07) is 14.8. The fraction of sp³-hybridized carbons (Fsp3) is 0.409. The van der Waals surface area contributed by atoms with Gasteiger partial charge < -0.3 is 4.90 Å². The van der Waals surface area contributed by atoms with Crippen LogP contribution in [0.2, 0.25) is 0 Å². The van der Waals surface area contributed by atoms with Gasteiger partial charge >= 0.3 is 11.9 Å². The van der Waals surface area contributed by atoms with Crippen LogP contribution in [0, 0.1) is 5.92 Å². The van der Waals surface area contributed by atoms with Crippen molar-refractivity contribution in [3.63, 3.8) is 0 Å². The molecule has 10 heteroatoms. The number of halogens is 3.